The Kier molecular flexibility index (Phi) is 2.13. The summed E-state index contributed by atoms with van der Waals surface area (Å²) in [5, 5.41) is -0.708. The maximum atomic E-state index is 10.7. The van der Waals surface area contributed by atoms with E-state index in [2.05, 4.69) is 4.98 Å². The molecule has 0 unspecified atom stereocenters. The van der Waals surface area contributed by atoms with Gasteiger partial charge in [0.1, 0.15) is 11.3 Å². The van der Waals surface area contributed by atoms with Crippen molar-refractivity contribution in [3.05, 3.63) is 24.1 Å². The van der Waals surface area contributed by atoms with Crippen LogP contribution in [0.25, 0.3) is 11.1 Å². The first-order valence-electron chi connectivity index (χ1n) is 3.85. The van der Waals surface area contributed by atoms with Crippen LogP contribution in [0.5, 0.6) is 5.75 Å². The van der Waals surface area contributed by atoms with Crippen molar-refractivity contribution in [3.8, 4) is 5.75 Å². The number of carbonyl (C=O) groups excluding carboxylic acids is 1. The average molecular weight is 212 g/mol. The molecule has 0 atom stereocenters. The minimum atomic E-state index is -0.708. The quantitative estimate of drug-likeness (QED) is 0.715. The Bertz CT molecular complexity index is 492. The first-order valence-corrected chi connectivity index (χ1v) is 4.23. The molecule has 0 N–H and O–H groups in total. The summed E-state index contributed by atoms with van der Waals surface area (Å²) in [6, 6.07) is 5.06. The lowest BCUT2D eigenvalue weighted by Crippen LogP contribution is -1.86. The second-order valence-electron chi connectivity index (χ2n) is 2.63. The summed E-state index contributed by atoms with van der Waals surface area (Å²) in [5.41, 5.74) is 1.06. The Balaban J connectivity index is 2.60. The molecule has 0 bridgehead atoms. The molecule has 2 aromatic rings. The lowest BCUT2D eigenvalue weighted by Gasteiger charge is -1.95. The normalized spacial score (nSPS) is 10.4. The summed E-state index contributed by atoms with van der Waals surface area (Å²) < 4.78 is 10.1. The standard InChI is InChI=1S/C9H6ClNO3/c1-13-5-2-3-7-6(4-5)11-9(14-7)8(10)12/h2-4H,1H3. The van der Waals surface area contributed by atoms with Crippen LogP contribution in [0.1, 0.15) is 10.7 Å². The van der Waals surface area contributed by atoms with Crippen molar-refractivity contribution in [2.24, 2.45) is 0 Å². The number of fused-ring (bicyclic) bond motifs is 1. The number of halogens is 1. The number of carbonyl (C=O) groups is 1. The maximum Gasteiger partial charge on any atom is 0.307 e. The Morgan fingerprint density at radius 3 is 3.00 bits per heavy atom. The fourth-order valence-corrected chi connectivity index (χ4v) is 1.20. The second-order valence-corrected chi connectivity index (χ2v) is 2.97. The highest BCUT2D eigenvalue weighted by molar-refractivity contribution is 6.67. The molecule has 0 fully saturated rings. The highest BCUT2D eigenvalue weighted by Crippen LogP contribution is 2.21. The van der Waals surface area contributed by atoms with E-state index in [-0.39, 0.29) is 5.89 Å². The summed E-state index contributed by atoms with van der Waals surface area (Å²) in [6.07, 6.45) is 0. The molecule has 0 spiro atoms. The van der Waals surface area contributed by atoms with Gasteiger partial charge < -0.3 is 9.15 Å². The zero-order chi connectivity index (χ0) is 10.1. The van der Waals surface area contributed by atoms with Crippen LogP contribution < -0.4 is 4.74 Å². The van der Waals surface area contributed by atoms with Crippen molar-refractivity contribution in [1.82, 2.24) is 4.98 Å². The van der Waals surface area contributed by atoms with Crippen molar-refractivity contribution in [3.63, 3.8) is 0 Å². The summed E-state index contributed by atoms with van der Waals surface area (Å²) in [4.78, 5) is 14.6. The van der Waals surface area contributed by atoms with Crippen LogP contribution >= 0.6 is 11.6 Å². The molecule has 2 rings (SSSR count). The molecule has 0 aliphatic rings. The summed E-state index contributed by atoms with van der Waals surface area (Å²) in [5.74, 6) is 0.550. The molecule has 72 valence electrons. The van der Waals surface area contributed by atoms with Crippen LogP contribution in [0.2, 0.25) is 0 Å². The molecule has 0 saturated heterocycles. The van der Waals surface area contributed by atoms with E-state index in [1.54, 1.807) is 25.3 Å². The number of benzene rings is 1. The molecule has 0 aliphatic carbocycles. The lowest BCUT2D eigenvalue weighted by molar-refractivity contribution is 0.105. The van der Waals surface area contributed by atoms with Gasteiger partial charge in [0.2, 0.25) is 0 Å². The molecule has 0 amide bonds. The van der Waals surface area contributed by atoms with Crippen molar-refractivity contribution in [2.45, 2.75) is 0 Å². The molecule has 1 aromatic heterocycles. The first-order chi connectivity index (χ1) is 6.70. The Labute approximate surface area is 84.4 Å². The third-order valence-electron chi connectivity index (χ3n) is 1.76. The molecule has 0 saturated carbocycles. The molecule has 1 aromatic carbocycles. The van der Waals surface area contributed by atoms with Crippen LogP contribution in [0.4, 0.5) is 0 Å². The highest BCUT2D eigenvalue weighted by atomic mass is 35.5. The topological polar surface area (TPSA) is 52.3 Å². The molecular formula is C9H6ClNO3. The number of hydrogen-bond acceptors (Lipinski definition) is 4. The van der Waals surface area contributed by atoms with Crippen LogP contribution in [0.3, 0.4) is 0 Å². The molecule has 4 nitrogen and oxygen atoms in total. The van der Waals surface area contributed by atoms with E-state index in [9.17, 15) is 4.79 Å². The largest absolute Gasteiger partial charge is 0.497 e. The minimum Gasteiger partial charge on any atom is -0.497 e. The van der Waals surface area contributed by atoms with Crippen molar-refractivity contribution in [1.29, 1.82) is 0 Å². The van der Waals surface area contributed by atoms with Crippen LogP contribution in [0, 0.1) is 0 Å². The van der Waals surface area contributed by atoms with E-state index < -0.39 is 5.24 Å². The van der Waals surface area contributed by atoms with E-state index in [1.165, 1.54) is 0 Å². The fourth-order valence-electron chi connectivity index (χ4n) is 1.12. The van der Waals surface area contributed by atoms with Crippen molar-refractivity contribution < 1.29 is 13.9 Å². The maximum absolute atomic E-state index is 10.7. The van der Waals surface area contributed by atoms with Crippen molar-refractivity contribution in [2.75, 3.05) is 7.11 Å². The number of rotatable bonds is 2. The first kappa shape index (κ1) is 9.02. The van der Waals surface area contributed by atoms with Gasteiger partial charge in [-0.05, 0) is 23.7 Å². The minimum absolute atomic E-state index is 0.102. The fraction of sp³-hybridized carbons (Fsp3) is 0.111. The van der Waals surface area contributed by atoms with Crippen molar-refractivity contribution >= 4 is 27.9 Å². The number of ether oxygens (including phenoxy) is 1. The SMILES string of the molecule is COc1ccc2oc(C(=O)Cl)nc2c1. The molecular weight excluding hydrogens is 206 g/mol. The third kappa shape index (κ3) is 1.44. The van der Waals surface area contributed by atoms with Gasteiger partial charge in [0.25, 0.3) is 5.89 Å². The summed E-state index contributed by atoms with van der Waals surface area (Å²) >= 11 is 5.22. The number of nitrogens with zero attached hydrogens (tertiary/aromatic N) is 1. The predicted octanol–water partition coefficient (Wildman–Crippen LogP) is 2.22. The molecule has 0 aliphatic heterocycles. The molecule has 5 heteroatoms. The molecule has 14 heavy (non-hydrogen) atoms. The van der Waals surface area contributed by atoms with Gasteiger partial charge in [0.05, 0.1) is 7.11 Å². The average Bonchev–Trinajstić information content (AvgIpc) is 2.59. The van der Waals surface area contributed by atoms with Gasteiger partial charge in [-0.3, -0.25) is 4.79 Å². The van der Waals surface area contributed by atoms with Crippen LogP contribution in [0.15, 0.2) is 22.6 Å². The van der Waals surface area contributed by atoms with E-state index in [0.29, 0.717) is 16.8 Å². The number of hydrogen-bond donors (Lipinski definition) is 0. The van der Waals surface area contributed by atoms with Gasteiger partial charge in [-0.2, -0.15) is 0 Å². The third-order valence-corrected chi connectivity index (χ3v) is 1.92. The number of oxazole rings is 1. The molecule has 0 radical (unpaired) electrons. The monoisotopic (exact) mass is 211 g/mol. The van der Waals surface area contributed by atoms with E-state index >= 15 is 0 Å². The number of methoxy groups -OCH3 is 1. The lowest BCUT2D eigenvalue weighted by atomic mass is 10.3. The summed E-state index contributed by atoms with van der Waals surface area (Å²) in [6.45, 7) is 0. The number of aromatic nitrogens is 1. The van der Waals surface area contributed by atoms with Gasteiger partial charge in [-0.15, -0.1) is 0 Å². The van der Waals surface area contributed by atoms with E-state index in [4.69, 9.17) is 20.8 Å². The van der Waals surface area contributed by atoms with Crippen LogP contribution in [-0.2, 0) is 0 Å². The van der Waals surface area contributed by atoms with E-state index in [0.717, 1.165) is 0 Å². The predicted molar refractivity (Wildman–Crippen MR) is 50.7 cm³/mol. The zero-order valence-electron chi connectivity index (χ0n) is 7.28. The van der Waals surface area contributed by atoms with Gasteiger partial charge in [0, 0.05) is 6.07 Å². The smallest absolute Gasteiger partial charge is 0.307 e. The highest BCUT2D eigenvalue weighted by Gasteiger charge is 2.11. The van der Waals surface area contributed by atoms with Gasteiger partial charge in [-0.1, -0.05) is 0 Å². The molecule has 1 heterocycles. The summed E-state index contributed by atoms with van der Waals surface area (Å²) in [7, 11) is 1.55. The van der Waals surface area contributed by atoms with E-state index in [1.807, 2.05) is 0 Å². The second kappa shape index (κ2) is 3.31. The Hall–Kier alpha value is -1.55. The zero-order valence-corrected chi connectivity index (χ0v) is 8.04. The van der Waals surface area contributed by atoms with Gasteiger partial charge in [0.15, 0.2) is 5.58 Å². The Morgan fingerprint density at radius 2 is 2.36 bits per heavy atom. The van der Waals surface area contributed by atoms with Crippen LogP contribution in [-0.4, -0.2) is 17.3 Å². The Morgan fingerprint density at radius 1 is 1.57 bits per heavy atom. The van der Waals surface area contributed by atoms with Gasteiger partial charge in [-0.25, -0.2) is 4.98 Å². The van der Waals surface area contributed by atoms with Gasteiger partial charge >= 0.3 is 5.24 Å².